The van der Waals surface area contributed by atoms with Crippen LogP contribution < -0.4 is 9.47 Å². The predicted molar refractivity (Wildman–Crippen MR) is 64.2 cm³/mol. The number of aliphatic hydroxyl groups is 1. The summed E-state index contributed by atoms with van der Waals surface area (Å²) in [6, 6.07) is 3.52. The van der Waals surface area contributed by atoms with Crippen molar-refractivity contribution in [1.82, 2.24) is 0 Å². The average molecular weight is 252 g/mol. The fraction of sp³-hybridized carbons (Fsp3) is 0.462. The Kier molecular flexibility index (Phi) is 3.17. The third-order valence-electron chi connectivity index (χ3n) is 3.44. The summed E-state index contributed by atoms with van der Waals surface area (Å²) < 4.78 is 10.5. The number of hydrogen-bond donors (Lipinski definition) is 2. The van der Waals surface area contributed by atoms with E-state index in [0.29, 0.717) is 23.5 Å². The van der Waals surface area contributed by atoms with Crippen molar-refractivity contribution in [3.63, 3.8) is 0 Å². The van der Waals surface area contributed by atoms with E-state index in [4.69, 9.17) is 14.6 Å². The molecule has 1 aromatic rings. The topological polar surface area (TPSA) is 76.0 Å². The summed E-state index contributed by atoms with van der Waals surface area (Å²) in [7, 11) is 3.09. The van der Waals surface area contributed by atoms with Gasteiger partial charge in [0.15, 0.2) is 5.60 Å². The average Bonchev–Trinajstić information content (AvgIpc) is 2.37. The molecule has 0 radical (unpaired) electrons. The third-order valence-corrected chi connectivity index (χ3v) is 3.44. The fourth-order valence-electron chi connectivity index (χ4n) is 2.40. The standard InChI is InChI=1S/C13H16O5/c1-17-10-3-4-11(18-2)9-7-13(16,12(14)15)6-5-8(9)10/h3-4,16H,5-7H2,1-2H3,(H,14,15)/t13-/m1/s1. The quantitative estimate of drug-likeness (QED) is 0.839. The number of aliphatic carboxylic acids is 1. The summed E-state index contributed by atoms with van der Waals surface area (Å²) in [6.45, 7) is 0. The number of benzene rings is 1. The van der Waals surface area contributed by atoms with Crippen LogP contribution in [0.15, 0.2) is 12.1 Å². The van der Waals surface area contributed by atoms with Crippen LogP contribution >= 0.6 is 0 Å². The summed E-state index contributed by atoms with van der Waals surface area (Å²) in [4.78, 5) is 11.1. The Morgan fingerprint density at radius 2 is 1.78 bits per heavy atom. The molecule has 0 saturated carbocycles. The molecular formula is C13H16O5. The number of carboxylic acid groups (broad SMARTS) is 1. The lowest BCUT2D eigenvalue weighted by Crippen LogP contribution is -2.43. The highest BCUT2D eigenvalue weighted by molar-refractivity contribution is 5.78. The van der Waals surface area contributed by atoms with Gasteiger partial charge in [-0.1, -0.05) is 0 Å². The number of rotatable bonds is 3. The van der Waals surface area contributed by atoms with Gasteiger partial charge in [0.05, 0.1) is 14.2 Å². The van der Waals surface area contributed by atoms with Crippen LogP contribution in [0.2, 0.25) is 0 Å². The van der Waals surface area contributed by atoms with E-state index >= 15 is 0 Å². The second kappa shape index (κ2) is 4.49. The molecule has 2 rings (SSSR count). The monoisotopic (exact) mass is 252 g/mol. The Balaban J connectivity index is 2.50. The summed E-state index contributed by atoms with van der Waals surface area (Å²) in [5.74, 6) is 0.0986. The van der Waals surface area contributed by atoms with Gasteiger partial charge in [-0.05, 0) is 25.0 Å². The van der Waals surface area contributed by atoms with Crippen molar-refractivity contribution in [2.24, 2.45) is 0 Å². The van der Waals surface area contributed by atoms with Gasteiger partial charge >= 0.3 is 5.97 Å². The van der Waals surface area contributed by atoms with E-state index in [1.54, 1.807) is 19.2 Å². The minimum absolute atomic E-state index is 0.0397. The van der Waals surface area contributed by atoms with Gasteiger partial charge in [0.2, 0.25) is 0 Å². The molecule has 1 aliphatic rings. The largest absolute Gasteiger partial charge is 0.496 e. The van der Waals surface area contributed by atoms with Gasteiger partial charge in [0, 0.05) is 17.5 Å². The Morgan fingerprint density at radius 1 is 1.22 bits per heavy atom. The molecule has 0 amide bonds. The number of hydrogen-bond acceptors (Lipinski definition) is 4. The minimum atomic E-state index is -1.72. The first-order valence-electron chi connectivity index (χ1n) is 5.70. The Bertz CT molecular complexity index is 483. The maximum atomic E-state index is 11.1. The second-order valence-corrected chi connectivity index (χ2v) is 4.44. The van der Waals surface area contributed by atoms with Crippen LogP contribution in [0.1, 0.15) is 17.5 Å². The lowest BCUT2D eigenvalue weighted by Gasteiger charge is -2.31. The van der Waals surface area contributed by atoms with Crippen molar-refractivity contribution < 1.29 is 24.5 Å². The van der Waals surface area contributed by atoms with Crippen molar-refractivity contribution in [2.75, 3.05) is 14.2 Å². The second-order valence-electron chi connectivity index (χ2n) is 4.44. The number of methoxy groups -OCH3 is 2. The molecule has 0 fully saturated rings. The normalized spacial score (nSPS) is 22.2. The number of ether oxygens (including phenoxy) is 2. The number of fused-ring (bicyclic) bond motifs is 1. The zero-order valence-electron chi connectivity index (χ0n) is 10.4. The number of carbonyl (C=O) groups is 1. The molecule has 18 heavy (non-hydrogen) atoms. The maximum Gasteiger partial charge on any atom is 0.336 e. The smallest absolute Gasteiger partial charge is 0.336 e. The van der Waals surface area contributed by atoms with Gasteiger partial charge in [-0.25, -0.2) is 4.79 Å². The van der Waals surface area contributed by atoms with E-state index in [2.05, 4.69) is 0 Å². The fourth-order valence-corrected chi connectivity index (χ4v) is 2.40. The molecule has 1 aliphatic carbocycles. The zero-order valence-corrected chi connectivity index (χ0v) is 10.4. The molecule has 98 valence electrons. The van der Waals surface area contributed by atoms with E-state index in [1.807, 2.05) is 0 Å². The molecule has 0 aromatic heterocycles. The van der Waals surface area contributed by atoms with E-state index < -0.39 is 11.6 Å². The lowest BCUT2D eigenvalue weighted by atomic mass is 9.79. The van der Waals surface area contributed by atoms with E-state index in [1.165, 1.54) is 7.11 Å². The van der Waals surface area contributed by atoms with Crippen molar-refractivity contribution in [3.05, 3.63) is 23.3 Å². The van der Waals surface area contributed by atoms with Crippen molar-refractivity contribution in [2.45, 2.75) is 24.9 Å². The highest BCUT2D eigenvalue weighted by atomic mass is 16.5. The summed E-state index contributed by atoms with van der Waals surface area (Å²) in [6.07, 6.45) is 0.676. The predicted octanol–water partition coefficient (Wildman–Crippen LogP) is 1.01. The van der Waals surface area contributed by atoms with Crippen LogP contribution in [-0.2, 0) is 17.6 Å². The van der Waals surface area contributed by atoms with Crippen molar-refractivity contribution >= 4 is 5.97 Å². The molecule has 2 N–H and O–H groups in total. The zero-order chi connectivity index (χ0) is 13.3. The molecule has 0 aliphatic heterocycles. The van der Waals surface area contributed by atoms with Gasteiger partial charge in [-0.15, -0.1) is 0 Å². The molecule has 0 bridgehead atoms. The molecule has 0 unspecified atom stereocenters. The molecule has 1 aromatic carbocycles. The summed E-state index contributed by atoms with van der Waals surface area (Å²) in [5.41, 5.74) is -0.0807. The molecule has 0 heterocycles. The van der Waals surface area contributed by atoms with E-state index in [-0.39, 0.29) is 12.8 Å². The van der Waals surface area contributed by atoms with Crippen LogP contribution in [0.3, 0.4) is 0 Å². The summed E-state index contributed by atoms with van der Waals surface area (Å²) >= 11 is 0. The minimum Gasteiger partial charge on any atom is -0.496 e. The first-order chi connectivity index (χ1) is 8.51. The molecular weight excluding hydrogens is 236 g/mol. The molecule has 5 heteroatoms. The van der Waals surface area contributed by atoms with Crippen LogP contribution in [-0.4, -0.2) is 36.0 Å². The van der Waals surface area contributed by atoms with Gasteiger partial charge in [0.25, 0.3) is 0 Å². The van der Waals surface area contributed by atoms with Gasteiger partial charge in [0.1, 0.15) is 11.5 Å². The van der Waals surface area contributed by atoms with Crippen LogP contribution in [0.25, 0.3) is 0 Å². The molecule has 0 spiro atoms. The summed E-state index contributed by atoms with van der Waals surface area (Å²) in [5, 5.41) is 19.2. The third kappa shape index (κ3) is 1.90. The molecule has 0 saturated heterocycles. The van der Waals surface area contributed by atoms with Crippen LogP contribution in [0.4, 0.5) is 0 Å². The van der Waals surface area contributed by atoms with E-state index in [9.17, 15) is 9.90 Å². The molecule has 1 atom stereocenters. The van der Waals surface area contributed by atoms with Crippen molar-refractivity contribution in [1.29, 1.82) is 0 Å². The Hall–Kier alpha value is -1.75. The number of carboxylic acids is 1. The first kappa shape index (κ1) is 12.7. The maximum absolute atomic E-state index is 11.1. The van der Waals surface area contributed by atoms with Gasteiger partial charge in [-0.2, -0.15) is 0 Å². The first-order valence-corrected chi connectivity index (χ1v) is 5.70. The molecule has 5 nitrogen and oxygen atoms in total. The Labute approximate surface area is 105 Å². The van der Waals surface area contributed by atoms with Crippen LogP contribution in [0, 0.1) is 0 Å². The van der Waals surface area contributed by atoms with Gasteiger partial charge in [-0.3, -0.25) is 0 Å². The lowest BCUT2D eigenvalue weighted by molar-refractivity contribution is -0.159. The highest BCUT2D eigenvalue weighted by Gasteiger charge is 2.41. The van der Waals surface area contributed by atoms with Crippen molar-refractivity contribution in [3.8, 4) is 11.5 Å². The van der Waals surface area contributed by atoms with Crippen LogP contribution in [0.5, 0.6) is 11.5 Å². The van der Waals surface area contributed by atoms with E-state index in [0.717, 1.165) is 5.56 Å². The SMILES string of the molecule is COc1ccc(OC)c2c1CC[C@](O)(C(=O)O)C2. The Morgan fingerprint density at radius 3 is 2.28 bits per heavy atom. The highest BCUT2D eigenvalue weighted by Crippen LogP contribution is 2.39. The van der Waals surface area contributed by atoms with Gasteiger partial charge < -0.3 is 19.7 Å².